The summed E-state index contributed by atoms with van der Waals surface area (Å²) in [6.45, 7) is 0. The summed E-state index contributed by atoms with van der Waals surface area (Å²) in [6.07, 6.45) is 0. The van der Waals surface area contributed by atoms with Gasteiger partial charge < -0.3 is 9.32 Å². The van der Waals surface area contributed by atoms with Gasteiger partial charge in [-0.2, -0.15) is 0 Å². The van der Waals surface area contributed by atoms with E-state index in [2.05, 4.69) is 254 Å². The highest BCUT2D eigenvalue weighted by Crippen LogP contribution is 2.50. The van der Waals surface area contributed by atoms with E-state index in [1.54, 1.807) is 0 Å². The molecule has 0 fully saturated rings. The molecule has 0 aliphatic heterocycles. The van der Waals surface area contributed by atoms with Crippen molar-refractivity contribution >= 4 is 81.3 Å². The number of rotatable bonds is 8. The highest BCUT2D eigenvalue weighted by Gasteiger charge is 2.23. The fraction of sp³-hybridized carbons (Fsp3) is 0. The maximum Gasteiger partial charge on any atom is 0.137 e. The molecule has 0 saturated carbocycles. The molecular weight excluding hydrogens is 831 g/mol. The minimum Gasteiger partial charge on any atom is -0.456 e. The summed E-state index contributed by atoms with van der Waals surface area (Å²) in [5, 5.41) is 7.11. The number of fused-ring (bicyclic) bond motifs is 7. The number of furan rings is 1. The Labute approximate surface area is 392 Å². The Hall–Kier alpha value is -8.50. The topological polar surface area (TPSA) is 16.4 Å². The molecule has 0 N–H and O–H groups in total. The molecule has 13 aromatic rings. The molecule has 0 saturated heterocycles. The van der Waals surface area contributed by atoms with Crippen molar-refractivity contribution in [1.82, 2.24) is 0 Å². The van der Waals surface area contributed by atoms with E-state index in [9.17, 15) is 0 Å². The fourth-order valence-electron chi connectivity index (χ4n) is 9.97. The molecule has 0 spiro atoms. The standard InChI is InChI=1S/C64H41NOS/c1-5-15-42(16-6-1)49-27-32-54-55-34-31-52(41-61(55)66-60(54)39-49)65(51-29-25-46(26-30-51)58-38-48-24-14-13-23-47(48)37-57(58)45-21-11-4-12-22-45)59-36-35-53(44-19-9-3-10-20-44)64-63(59)56-33-28-50(40-62(56)67-64)43-17-7-2-8-18-43/h1-41H. The third-order valence-corrected chi connectivity index (χ3v) is 14.4. The van der Waals surface area contributed by atoms with Crippen LogP contribution in [0.15, 0.2) is 253 Å². The summed E-state index contributed by atoms with van der Waals surface area (Å²) in [6, 6.07) is 90.1. The summed E-state index contributed by atoms with van der Waals surface area (Å²) in [5.74, 6) is 0. The lowest BCUT2D eigenvalue weighted by Gasteiger charge is -2.27. The Morgan fingerprint density at radius 1 is 0.313 bits per heavy atom. The monoisotopic (exact) mass is 871 g/mol. The van der Waals surface area contributed by atoms with Crippen molar-refractivity contribution in [3.63, 3.8) is 0 Å². The van der Waals surface area contributed by atoms with Crippen LogP contribution in [0.2, 0.25) is 0 Å². The second-order valence-electron chi connectivity index (χ2n) is 17.2. The normalized spacial score (nSPS) is 11.6. The minimum atomic E-state index is 0.850. The van der Waals surface area contributed by atoms with Crippen molar-refractivity contribution in [1.29, 1.82) is 0 Å². The first-order valence-electron chi connectivity index (χ1n) is 22.8. The Morgan fingerprint density at radius 2 is 0.776 bits per heavy atom. The Kier molecular flexibility index (Phi) is 9.40. The molecule has 2 nitrogen and oxygen atoms in total. The molecule has 3 heteroatoms. The molecule has 67 heavy (non-hydrogen) atoms. The fourth-order valence-corrected chi connectivity index (χ4v) is 11.3. The highest BCUT2D eigenvalue weighted by atomic mass is 32.1. The third-order valence-electron chi connectivity index (χ3n) is 13.3. The van der Waals surface area contributed by atoms with Crippen molar-refractivity contribution < 1.29 is 4.42 Å². The van der Waals surface area contributed by atoms with Crippen LogP contribution in [0.25, 0.3) is 109 Å². The zero-order valence-electron chi connectivity index (χ0n) is 36.4. The van der Waals surface area contributed by atoms with Gasteiger partial charge in [-0.1, -0.05) is 182 Å². The van der Waals surface area contributed by atoms with Gasteiger partial charge in [-0.15, -0.1) is 11.3 Å². The Bertz CT molecular complexity index is 3950. The molecule has 2 aromatic heterocycles. The van der Waals surface area contributed by atoms with Gasteiger partial charge in [-0.25, -0.2) is 0 Å². The maximum absolute atomic E-state index is 6.79. The lowest BCUT2D eigenvalue weighted by atomic mass is 9.91. The van der Waals surface area contributed by atoms with Gasteiger partial charge in [0.1, 0.15) is 11.2 Å². The second-order valence-corrected chi connectivity index (χ2v) is 18.3. The van der Waals surface area contributed by atoms with Gasteiger partial charge >= 0.3 is 0 Å². The van der Waals surface area contributed by atoms with E-state index in [0.29, 0.717) is 0 Å². The molecule has 0 atom stereocenters. The summed E-state index contributed by atoms with van der Waals surface area (Å²) >= 11 is 1.87. The van der Waals surface area contributed by atoms with Crippen LogP contribution in [0.1, 0.15) is 0 Å². The van der Waals surface area contributed by atoms with Crippen molar-refractivity contribution in [2.24, 2.45) is 0 Å². The molecule has 13 rings (SSSR count). The van der Waals surface area contributed by atoms with Crippen LogP contribution in [0.4, 0.5) is 17.1 Å². The van der Waals surface area contributed by atoms with Gasteiger partial charge in [0, 0.05) is 48.4 Å². The predicted molar refractivity (Wildman–Crippen MR) is 286 cm³/mol. The lowest BCUT2D eigenvalue weighted by Crippen LogP contribution is -2.10. The van der Waals surface area contributed by atoms with E-state index in [0.717, 1.165) is 50.1 Å². The van der Waals surface area contributed by atoms with Gasteiger partial charge in [-0.05, 0) is 127 Å². The van der Waals surface area contributed by atoms with Gasteiger partial charge in [0.2, 0.25) is 0 Å². The summed E-state index contributed by atoms with van der Waals surface area (Å²) in [4.78, 5) is 2.43. The van der Waals surface area contributed by atoms with Crippen molar-refractivity contribution in [3.8, 4) is 55.6 Å². The first kappa shape index (κ1) is 38.9. The number of anilines is 3. The molecule has 0 bridgehead atoms. The van der Waals surface area contributed by atoms with Crippen LogP contribution in [0, 0.1) is 0 Å². The predicted octanol–water partition coefficient (Wildman–Crippen LogP) is 18.9. The number of hydrogen-bond acceptors (Lipinski definition) is 3. The zero-order valence-corrected chi connectivity index (χ0v) is 37.3. The highest BCUT2D eigenvalue weighted by molar-refractivity contribution is 7.26. The SMILES string of the molecule is c1ccc(-c2ccc3c(c2)oc2cc(N(c4ccc(-c5cc6ccccc6cc5-c5ccccc5)cc4)c4ccc(-c5ccccc5)c5sc6cc(-c7ccccc7)ccc6c45)ccc23)cc1. The summed E-state index contributed by atoms with van der Waals surface area (Å²) in [7, 11) is 0. The molecule has 0 aliphatic carbocycles. The average Bonchev–Trinajstić information content (AvgIpc) is 3.97. The maximum atomic E-state index is 6.79. The van der Waals surface area contributed by atoms with Crippen molar-refractivity contribution in [2.45, 2.75) is 0 Å². The smallest absolute Gasteiger partial charge is 0.137 e. The van der Waals surface area contributed by atoms with E-state index in [-0.39, 0.29) is 0 Å². The van der Waals surface area contributed by atoms with Gasteiger partial charge in [0.15, 0.2) is 0 Å². The van der Waals surface area contributed by atoms with Gasteiger partial charge in [0.25, 0.3) is 0 Å². The summed E-state index contributed by atoms with van der Waals surface area (Å²) in [5.41, 5.74) is 16.8. The van der Waals surface area contributed by atoms with Crippen LogP contribution in [0.5, 0.6) is 0 Å². The van der Waals surface area contributed by atoms with E-state index >= 15 is 0 Å². The van der Waals surface area contributed by atoms with Crippen LogP contribution < -0.4 is 4.90 Å². The molecule has 2 heterocycles. The second kappa shape index (κ2) is 16.2. The molecule has 0 radical (unpaired) electrons. The number of nitrogens with zero attached hydrogens (tertiary/aromatic N) is 1. The molecule has 0 amide bonds. The average molecular weight is 872 g/mol. The van der Waals surface area contributed by atoms with Crippen LogP contribution in [-0.4, -0.2) is 0 Å². The van der Waals surface area contributed by atoms with Gasteiger partial charge in [-0.3, -0.25) is 0 Å². The Morgan fingerprint density at radius 3 is 1.39 bits per heavy atom. The molecular formula is C64H41NOS. The van der Waals surface area contributed by atoms with E-state index in [4.69, 9.17) is 4.42 Å². The van der Waals surface area contributed by atoms with E-state index in [1.807, 2.05) is 11.3 Å². The van der Waals surface area contributed by atoms with Crippen LogP contribution >= 0.6 is 11.3 Å². The zero-order chi connectivity index (χ0) is 44.3. The number of hydrogen-bond donors (Lipinski definition) is 0. The molecule has 0 aliphatic rings. The lowest BCUT2D eigenvalue weighted by molar-refractivity contribution is 0.669. The van der Waals surface area contributed by atoms with E-state index < -0.39 is 0 Å². The van der Waals surface area contributed by atoms with Crippen LogP contribution in [0.3, 0.4) is 0 Å². The third kappa shape index (κ3) is 6.88. The van der Waals surface area contributed by atoms with Crippen molar-refractivity contribution in [2.75, 3.05) is 4.90 Å². The quantitative estimate of drug-likeness (QED) is 0.151. The Balaban J connectivity index is 1.03. The molecule has 314 valence electrons. The largest absolute Gasteiger partial charge is 0.456 e. The minimum absolute atomic E-state index is 0.850. The molecule has 0 unspecified atom stereocenters. The number of thiophene rings is 1. The van der Waals surface area contributed by atoms with Crippen LogP contribution in [-0.2, 0) is 0 Å². The van der Waals surface area contributed by atoms with Crippen molar-refractivity contribution in [3.05, 3.63) is 249 Å². The first-order chi connectivity index (χ1) is 33.2. The summed E-state index contributed by atoms with van der Waals surface area (Å²) < 4.78 is 9.30. The van der Waals surface area contributed by atoms with E-state index in [1.165, 1.54) is 75.5 Å². The first-order valence-corrected chi connectivity index (χ1v) is 23.6. The molecule has 11 aromatic carbocycles. The van der Waals surface area contributed by atoms with Gasteiger partial charge in [0.05, 0.1) is 5.69 Å². The number of benzene rings is 11.